The van der Waals surface area contributed by atoms with E-state index in [0.29, 0.717) is 44.7 Å². The Labute approximate surface area is 170 Å². The Balaban J connectivity index is 2.79. The van der Waals surface area contributed by atoms with Gasteiger partial charge in [-0.15, -0.1) is 0 Å². The first kappa shape index (κ1) is 24.6. The van der Waals surface area contributed by atoms with E-state index in [1.54, 1.807) is 0 Å². The summed E-state index contributed by atoms with van der Waals surface area (Å²) in [5.74, 6) is 0.136. The molecule has 0 bridgehead atoms. The third-order valence-corrected chi connectivity index (χ3v) is 5.59. The van der Waals surface area contributed by atoms with Crippen molar-refractivity contribution >= 4 is 17.7 Å². The average molecular weight is 397 g/mol. The maximum absolute atomic E-state index is 13.2. The van der Waals surface area contributed by atoms with Crippen molar-refractivity contribution in [1.29, 1.82) is 0 Å². The van der Waals surface area contributed by atoms with Gasteiger partial charge in [0, 0.05) is 32.5 Å². The van der Waals surface area contributed by atoms with Gasteiger partial charge >= 0.3 is 6.03 Å². The zero-order valence-corrected chi connectivity index (χ0v) is 18.3. The summed E-state index contributed by atoms with van der Waals surface area (Å²) in [6, 6.07) is -0.312. The highest BCUT2D eigenvalue weighted by molar-refractivity contribution is 5.95. The molecule has 0 aromatic heterocycles. The molecule has 1 aliphatic carbocycles. The second-order valence-electron chi connectivity index (χ2n) is 7.70. The molecule has 7 nitrogen and oxygen atoms in total. The molecule has 3 amide bonds. The summed E-state index contributed by atoms with van der Waals surface area (Å²) in [4.78, 5) is 41.3. The van der Waals surface area contributed by atoms with Crippen molar-refractivity contribution in [3.05, 3.63) is 0 Å². The summed E-state index contributed by atoms with van der Waals surface area (Å²) in [6.45, 7) is 10.3. The summed E-state index contributed by atoms with van der Waals surface area (Å²) < 4.78 is 0. The van der Waals surface area contributed by atoms with Crippen LogP contribution in [0, 0.1) is 11.8 Å². The van der Waals surface area contributed by atoms with Gasteiger partial charge in [0.2, 0.25) is 5.91 Å². The van der Waals surface area contributed by atoms with Crippen LogP contribution in [0.1, 0.15) is 59.3 Å². The van der Waals surface area contributed by atoms with Gasteiger partial charge in [0.05, 0.1) is 5.92 Å². The smallest absolute Gasteiger partial charge is 0.324 e. The van der Waals surface area contributed by atoms with Crippen LogP contribution in [0.5, 0.6) is 0 Å². The van der Waals surface area contributed by atoms with Crippen LogP contribution >= 0.6 is 0 Å². The van der Waals surface area contributed by atoms with Gasteiger partial charge in [-0.1, -0.05) is 13.8 Å². The van der Waals surface area contributed by atoms with E-state index < -0.39 is 0 Å². The number of urea groups is 1. The van der Waals surface area contributed by atoms with Crippen LogP contribution < -0.4 is 10.6 Å². The minimum atomic E-state index is -0.312. The quantitative estimate of drug-likeness (QED) is 0.529. The lowest BCUT2D eigenvalue weighted by Crippen LogP contribution is -2.49. The molecule has 1 saturated carbocycles. The summed E-state index contributed by atoms with van der Waals surface area (Å²) in [5.41, 5.74) is 0. The molecule has 2 unspecified atom stereocenters. The molecule has 2 atom stereocenters. The number of carbonyl (C=O) groups is 3. The third kappa shape index (κ3) is 8.27. The Bertz CT molecular complexity index is 494. The summed E-state index contributed by atoms with van der Waals surface area (Å²) in [5, 5.41) is 5.87. The van der Waals surface area contributed by atoms with Crippen LogP contribution in [0.2, 0.25) is 0 Å². The van der Waals surface area contributed by atoms with Crippen LogP contribution in [0.4, 0.5) is 4.79 Å². The highest BCUT2D eigenvalue weighted by Crippen LogP contribution is 2.28. The number of imide groups is 1. The lowest BCUT2D eigenvalue weighted by molar-refractivity contribution is -0.133. The molecule has 7 heteroatoms. The molecule has 0 aromatic carbocycles. The van der Waals surface area contributed by atoms with Crippen molar-refractivity contribution in [2.24, 2.45) is 11.8 Å². The normalized spacial score (nSPS) is 18.2. The Morgan fingerprint density at radius 1 is 1.18 bits per heavy atom. The van der Waals surface area contributed by atoms with E-state index in [4.69, 9.17) is 0 Å². The van der Waals surface area contributed by atoms with E-state index in [-0.39, 0.29) is 23.8 Å². The van der Waals surface area contributed by atoms with Crippen LogP contribution in [0.3, 0.4) is 0 Å². The second-order valence-corrected chi connectivity index (χ2v) is 7.70. The largest absolute Gasteiger partial charge is 0.338 e. The molecular formula is C21H40N4O3. The highest BCUT2D eigenvalue weighted by atomic mass is 16.2. The van der Waals surface area contributed by atoms with Gasteiger partial charge in [-0.05, 0) is 65.2 Å². The predicted octanol–water partition coefficient (Wildman–Crippen LogP) is 2.26. The van der Waals surface area contributed by atoms with Crippen LogP contribution in [-0.4, -0.2) is 73.8 Å². The number of hydrogen-bond acceptors (Lipinski definition) is 5. The van der Waals surface area contributed by atoms with E-state index in [1.165, 1.54) is 4.90 Å². The molecule has 0 spiro atoms. The van der Waals surface area contributed by atoms with Gasteiger partial charge in [0.25, 0.3) is 0 Å². The predicted molar refractivity (Wildman–Crippen MR) is 112 cm³/mol. The molecule has 2 N–H and O–H groups in total. The van der Waals surface area contributed by atoms with Crippen LogP contribution in [0.25, 0.3) is 0 Å². The fraction of sp³-hybridized carbons (Fsp3) is 0.857. The van der Waals surface area contributed by atoms with Crippen molar-refractivity contribution in [3.8, 4) is 0 Å². The Morgan fingerprint density at radius 2 is 1.89 bits per heavy atom. The molecule has 1 rings (SSSR count). The second kappa shape index (κ2) is 13.7. The topological polar surface area (TPSA) is 81.8 Å². The number of nitrogens with one attached hydrogen (secondary N) is 2. The van der Waals surface area contributed by atoms with Crippen molar-refractivity contribution < 1.29 is 14.4 Å². The first-order chi connectivity index (χ1) is 13.5. The number of Topliss-reactive ketones (excluding diaryl/α,β-unsaturated/α-hetero) is 1. The Kier molecular flexibility index (Phi) is 12.0. The molecule has 0 aliphatic heterocycles. The molecule has 0 saturated heterocycles. The minimum absolute atomic E-state index is 0.127. The van der Waals surface area contributed by atoms with Gasteiger partial charge in [-0.3, -0.25) is 14.5 Å². The molecule has 0 heterocycles. The third-order valence-electron chi connectivity index (χ3n) is 5.59. The molecule has 162 valence electrons. The zero-order chi connectivity index (χ0) is 20.9. The van der Waals surface area contributed by atoms with Crippen LogP contribution in [-0.2, 0) is 9.59 Å². The van der Waals surface area contributed by atoms with Crippen LogP contribution in [0.15, 0.2) is 0 Å². The number of amides is 3. The molecule has 1 fully saturated rings. The van der Waals surface area contributed by atoms with Crippen molar-refractivity contribution in [2.45, 2.75) is 59.3 Å². The molecule has 1 aliphatic rings. The number of ketones is 1. The van der Waals surface area contributed by atoms with Gasteiger partial charge in [-0.2, -0.15) is 0 Å². The Hall–Kier alpha value is -1.47. The van der Waals surface area contributed by atoms with Crippen molar-refractivity contribution in [3.63, 3.8) is 0 Å². The number of hydrogen-bond donors (Lipinski definition) is 2. The maximum Gasteiger partial charge on any atom is 0.324 e. The first-order valence-corrected chi connectivity index (χ1v) is 10.9. The number of carbonyl (C=O) groups excluding carboxylic acids is 3. The van der Waals surface area contributed by atoms with E-state index in [0.717, 1.165) is 38.9 Å². The fourth-order valence-corrected chi connectivity index (χ4v) is 4.01. The van der Waals surface area contributed by atoms with E-state index in [2.05, 4.69) is 29.4 Å². The number of rotatable bonds is 12. The standard InChI is InChI=1S/C21H40N4O3/c1-5-23-21(28)25(13-9-12-24(6-2)7-3)20(27)18(16-22-4)14-17-10-8-11-19(26)15-17/h17-18,22H,5-16H2,1-4H3,(H,23,28). The SMILES string of the molecule is CCNC(=O)N(CCCN(CC)CC)C(=O)C(CNC)CC1CCCC(=O)C1. The molecule has 28 heavy (non-hydrogen) atoms. The maximum atomic E-state index is 13.2. The lowest BCUT2D eigenvalue weighted by Gasteiger charge is -2.30. The summed E-state index contributed by atoms with van der Waals surface area (Å²) in [7, 11) is 1.82. The van der Waals surface area contributed by atoms with E-state index >= 15 is 0 Å². The molecule has 0 radical (unpaired) electrons. The van der Waals surface area contributed by atoms with Gasteiger partial charge in [-0.25, -0.2) is 4.79 Å². The van der Waals surface area contributed by atoms with Crippen molar-refractivity contribution in [1.82, 2.24) is 20.4 Å². The van der Waals surface area contributed by atoms with Gasteiger partial charge in [0.15, 0.2) is 0 Å². The monoisotopic (exact) mass is 396 g/mol. The molecule has 0 aromatic rings. The van der Waals surface area contributed by atoms with E-state index in [9.17, 15) is 14.4 Å². The average Bonchev–Trinajstić information content (AvgIpc) is 2.67. The highest BCUT2D eigenvalue weighted by Gasteiger charge is 2.31. The summed E-state index contributed by atoms with van der Waals surface area (Å²) in [6.07, 6.45) is 4.56. The lowest BCUT2D eigenvalue weighted by atomic mass is 9.81. The minimum Gasteiger partial charge on any atom is -0.338 e. The van der Waals surface area contributed by atoms with Gasteiger partial charge < -0.3 is 15.5 Å². The Morgan fingerprint density at radius 3 is 2.46 bits per heavy atom. The number of nitrogens with zero attached hydrogens (tertiary/aromatic N) is 2. The van der Waals surface area contributed by atoms with Crippen molar-refractivity contribution in [2.75, 3.05) is 46.3 Å². The van der Waals surface area contributed by atoms with Gasteiger partial charge in [0.1, 0.15) is 5.78 Å². The summed E-state index contributed by atoms with van der Waals surface area (Å²) >= 11 is 0. The zero-order valence-electron chi connectivity index (χ0n) is 18.3. The fourth-order valence-electron chi connectivity index (χ4n) is 4.01. The molecular weight excluding hydrogens is 356 g/mol. The van der Waals surface area contributed by atoms with E-state index in [1.807, 2.05) is 14.0 Å². The first-order valence-electron chi connectivity index (χ1n) is 10.9.